The fourth-order valence-electron chi connectivity index (χ4n) is 4.69. The molecule has 2 aromatic heterocycles. The van der Waals surface area contributed by atoms with Crippen molar-refractivity contribution in [2.45, 2.75) is 19.4 Å². The largest absolute Gasteiger partial charge is 0.379 e. The van der Waals surface area contributed by atoms with Crippen molar-refractivity contribution in [3.8, 4) is 10.4 Å². The van der Waals surface area contributed by atoms with Crippen LogP contribution < -0.4 is 10.6 Å². The fourth-order valence-corrected chi connectivity index (χ4v) is 6.24. The van der Waals surface area contributed by atoms with Gasteiger partial charge in [-0.2, -0.15) is 5.10 Å². The zero-order chi connectivity index (χ0) is 24.7. The molecule has 1 aliphatic heterocycles. The number of halogens is 3. The van der Waals surface area contributed by atoms with E-state index in [9.17, 15) is 4.39 Å². The van der Waals surface area contributed by atoms with E-state index < -0.39 is 5.82 Å². The lowest BCUT2D eigenvalue weighted by atomic mass is 9.93. The molecule has 0 atom stereocenters. The van der Waals surface area contributed by atoms with Gasteiger partial charge in [-0.1, -0.05) is 23.2 Å². The molecule has 35 heavy (non-hydrogen) atoms. The highest BCUT2D eigenvalue weighted by molar-refractivity contribution is 7.20. The van der Waals surface area contributed by atoms with E-state index >= 15 is 0 Å². The molecule has 5 rings (SSSR count). The summed E-state index contributed by atoms with van der Waals surface area (Å²) in [4.78, 5) is 5.97. The van der Waals surface area contributed by atoms with Gasteiger partial charge in [-0.15, -0.1) is 11.3 Å². The summed E-state index contributed by atoms with van der Waals surface area (Å²) in [6.45, 7) is 6.25. The second kappa shape index (κ2) is 10.1. The SMILES string of the molecule is CNc1sc2c(c1C(=N)Nc1cc(Cl)c(Cl)cc1F)CCc1nn(CCN3CCN(C)CC3)cc1-2. The molecule has 3 aromatic rings. The smallest absolute Gasteiger partial charge is 0.148 e. The summed E-state index contributed by atoms with van der Waals surface area (Å²) in [5, 5.41) is 21.0. The first-order chi connectivity index (χ1) is 16.8. The van der Waals surface area contributed by atoms with Crippen LogP contribution in [0.1, 0.15) is 16.8 Å². The number of piperazine rings is 1. The summed E-state index contributed by atoms with van der Waals surface area (Å²) in [6.07, 6.45) is 3.73. The Labute approximate surface area is 218 Å². The van der Waals surface area contributed by atoms with Gasteiger partial charge in [0.2, 0.25) is 0 Å². The number of amidine groups is 1. The number of nitrogens with one attached hydrogen (secondary N) is 3. The van der Waals surface area contributed by atoms with Crippen molar-refractivity contribution in [3.05, 3.63) is 51.0 Å². The molecular formula is C24H28Cl2FN7S. The molecule has 11 heteroatoms. The first-order valence-corrected chi connectivity index (χ1v) is 13.2. The lowest BCUT2D eigenvalue weighted by Gasteiger charge is -2.32. The van der Waals surface area contributed by atoms with Gasteiger partial charge in [0, 0.05) is 56.4 Å². The molecular weight excluding hydrogens is 508 g/mol. The number of benzene rings is 1. The third-order valence-corrected chi connectivity index (χ3v) is 8.69. The maximum absolute atomic E-state index is 14.4. The van der Waals surface area contributed by atoms with Gasteiger partial charge in [-0.3, -0.25) is 15.0 Å². The zero-order valence-corrected chi connectivity index (χ0v) is 22.0. The minimum Gasteiger partial charge on any atom is -0.379 e. The number of thiophene rings is 1. The summed E-state index contributed by atoms with van der Waals surface area (Å²) in [5.41, 5.74) is 4.20. The van der Waals surface area contributed by atoms with Gasteiger partial charge in [0.1, 0.15) is 11.7 Å². The molecule has 0 unspecified atom stereocenters. The number of likely N-dealkylation sites (N-methyl/N-ethyl adjacent to an activating group) is 1. The van der Waals surface area contributed by atoms with Gasteiger partial charge in [0.05, 0.1) is 38.5 Å². The van der Waals surface area contributed by atoms with E-state index in [1.807, 2.05) is 7.05 Å². The molecule has 1 aromatic carbocycles. The maximum atomic E-state index is 14.4. The molecule has 0 spiro atoms. The Morgan fingerprint density at radius 2 is 1.89 bits per heavy atom. The van der Waals surface area contributed by atoms with Crippen molar-refractivity contribution in [2.24, 2.45) is 0 Å². The number of nitrogens with zero attached hydrogens (tertiary/aromatic N) is 4. The predicted octanol–water partition coefficient (Wildman–Crippen LogP) is 4.88. The van der Waals surface area contributed by atoms with Crippen LogP contribution in [0, 0.1) is 11.2 Å². The van der Waals surface area contributed by atoms with Crippen LogP contribution in [-0.2, 0) is 19.4 Å². The maximum Gasteiger partial charge on any atom is 0.148 e. The Hall–Kier alpha value is -2.17. The molecule has 0 radical (unpaired) electrons. The van der Waals surface area contributed by atoms with Crippen LogP contribution in [0.25, 0.3) is 10.4 Å². The monoisotopic (exact) mass is 535 g/mol. The Balaban J connectivity index is 1.38. The number of fused-ring (bicyclic) bond motifs is 3. The number of anilines is 2. The van der Waals surface area contributed by atoms with Crippen molar-refractivity contribution in [1.82, 2.24) is 19.6 Å². The van der Waals surface area contributed by atoms with Crippen LogP contribution in [0.4, 0.5) is 15.1 Å². The number of rotatable bonds is 6. The summed E-state index contributed by atoms with van der Waals surface area (Å²) in [5.74, 6) is -0.432. The highest BCUT2D eigenvalue weighted by Crippen LogP contribution is 2.45. The van der Waals surface area contributed by atoms with Crippen molar-refractivity contribution < 1.29 is 4.39 Å². The molecule has 3 heterocycles. The minimum absolute atomic E-state index is 0.120. The molecule has 1 aliphatic carbocycles. The average Bonchev–Trinajstić information content (AvgIpc) is 3.43. The highest BCUT2D eigenvalue weighted by atomic mass is 35.5. The average molecular weight is 537 g/mol. The van der Waals surface area contributed by atoms with Crippen LogP contribution >= 0.6 is 34.5 Å². The van der Waals surface area contributed by atoms with E-state index in [1.54, 1.807) is 11.3 Å². The van der Waals surface area contributed by atoms with Gasteiger partial charge in [0.25, 0.3) is 0 Å². The summed E-state index contributed by atoms with van der Waals surface area (Å²) < 4.78 is 16.5. The Kier molecular flexibility index (Phi) is 7.05. The van der Waals surface area contributed by atoms with E-state index in [2.05, 4.69) is 38.4 Å². The van der Waals surface area contributed by atoms with Crippen molar-refractivity contribution in [1.29, 1.82) is 5.41 Å². The summed E-state index contributed by atoms with van der Waals surface area (Å²) >= 11 is 13.6. The Bertz CT molecular complexity index is 1260. The van der Waals surface area contributed by atoms with Gasteiger partial charge in [0.15, 0.2) is 0 Å². The molecule has 186 valence electrons. The molecule has 3 N–H and O–H groups in total. The number of aryl methyl sites for hydroxylation is 1. The first kappa shape index (κ1) is 24.5. The lowest BCUT2D eigenvalue weighted by molar-refractivity contribution is 0.148. The van der Waals surface area contributed by atoms with Crippen LogP contribution in [0.2, 0.25) is 10.0 Å². The van der Waals surface area contributed by atoms with E-state index in [1.165, 1.54) is 6.07 Å². The number of hydrogen-bond donors (Lipinski definition) is 3. The summed E-state index contributed by atoms with van der Waals surface area (Å²) in [7, 11) is 4.01. The van der Waals surface area contributed by atoms with Crippen molar-refractivity contribution >= 4 is 51.1 Å². The third-order valence-electron chi connectivity index (χ3n) is 6.69. The van der Waals surface area contributed by atoms with Crippen molar-refractivity contribution in [2.75, 3.05) is 57.5 Å². The van der Waals surface area contributed by atoms with E-state index in [0.717, 1.165) is 90.4 Å². The molecule has 2 aliphatic rings. The van der Waals surface area contributed by atoms with Crippen LogP contribution in [-0.4, -0.2) is 72.2 Å². The zero-order valence-electron chi connectivity index (χ0n) is 19.7. The molecule has 1 saturated heterocycles. The lowest BCUT2D eigenvalue weighted by Crippen LogP contribution is -2.45. The van der Waals surface area contributed by atoms with Crippen molar-refractivity contribution in [3.63, 3.8) is 0 Å². The van der Waals surface area contributed by atoms with E-state index in [4.69, 9.17) is 33.7 Å². The molecule has 1 fully saturated rings. The van der Waals surface area contributed by atoms with E-state index in [0.29, 0.717) is 0 Å². The summed E-state index contributed by atoms with van der Waals surface area (Å²) in [6, 6.07) is 2.57. The predicted molar refractivity (Wildman–Crippen MR) is 143 cm³/mol. The Morgan fingerprint density at radius 3 is 2.63 bits per heavy atom. The van der Waals surface area contributed by atoms with E-state index in [-0.39, 0.29) is 21.6 Å². The van der Waals surface area contributed by atoms with Gasteiger partial charge in [-0.25, -0.2) is 4.39 Å². The number of aromatic nitrogens is 2. The van der Waals surface area contributed by atoms with Crippen LogP contribution in [0.15, 0.2) is 18.3 Å². The highest BCUT2D eigenvalue weighted by Gasteiger charge is 2.29. The molecule has 0 bridgehead atoms. The molecule has 7 nitrogen and oxygen atoms in total. The Morgan fingerprint density at radius 1 is 1.14 bits per heavy atom. The molecule has 0 saturated carbocycles. The minimum atomic E-state index is -0.553. The number of hydrogen-bond acceptors (Lipinski definition) is 6. The fraction of sp³-hybridized carbons (Fsp3) is 0.417. The standard InChI is InChI=1S/C24H28Cl2FN7S/c1-29-24-21(23(28)30-20-12-17(26)16(25)11-18(20)27)14-3-4-19-15(22(14)35-24)13-34(31-19)10-9-33-7-5-32(2)6-8-33/h11-13,29H,3-10H2,1-2H3,(H2,28,30). The second-order valence-electron chi connectivity index (χ2n) is 9.01. The second-order valence-corrected chi connectivity index (χ2v) is 10.8. The topological polar surface area (TPSA) is 72.2 Å². The molecule has 0 amide bonds. The van der Waals surface area contributed by atoms with Gasteiger partial charge >= 0.3 is 0 Å². The normalized spacial score (nSPS) is 16.1. The quantitative estimate of drug-likeness (QED) is 0.238. The van der Waals surface area contributed by atoms with Gasteiger partial charge in [-0.05, 0) is 37.6 Å². The van der Waals surface area contributed by atoms with Gasteiger partial charge < -0.3 is 15.5 Å². The van der Waals surface area contributed by atoms with Crippen LogP contribution in [0.3, 0.4) is 0 Å². The third kappa shape index (κ3) is 4.93. The van der Waals surface area contributed by atoms with Crippen LogP contribution in [0.5, 0.6) is 0 Å². The first-order valence-electron chi connectivity index (χ1n) is 11.7.